The molecule has 1 aliphatic rings. The smallest absolute Gasteiger partial charge is 0.410 e. The van der Waals surface area contributed by atoms with E-state index in [0.717, 1.165) is 0 Å². The van der Waals surface area contributed by atoms with E-state index in [9.17, 15) is 14.4 Å². The molecule has 0 aromatic carbocycles. The summed E-state index contributed by atoms with van der Waals surface area (Å²) in [6.07, 6.45) is -0.810. The molecule has 1 fully saturated rings. The number of carboxylic acids is 2. The SMILES string of the molecule is CC(C)(C)OC(=O)N1CC(CC(=O)O)[C@H](CC(=O)O)C1. The number of hydrogen-bond acceptors (Lipinski definition) is 4. The zero-order valence-corrected chi connectivity index (χ0v) is 12.0. The zero-order chi connectivity index (χ0) is 15.5. The third-order valence-electron chi connectivity index (χ3n) is 3.10. The molecule has 114 valence electrons. The summed E-state index contributed by atoms with van der Waals surface area (Å²) >= 11 is 0. The van der Waals surface area contributed by atoms with Gasteiger partial charge < -0.3 is 19.8 Å². The van der Waals surface area contributed by atoms with Gasteiger partial charge in [-0.3, -0.25) is 9.59 Å². The van der Waals surface area contributed by atoms with Crippen LogP contribution in [-0.2, 0) is 14.3 Å². The van der Waals surface area contributed by atoms with Gasteiger partial charge in [0.05, 0.1) is 12.8 Å². The van der Waals surface area contributed by atoms with Crippen molar-refractivity contribution in [2.75, 3.05) is 13.1 Å². The van der Waals surface area contributed by atoms with Gasteiger partial charge in [0.1, 0.15) is 5.60 Å². The monoisotopic (exact) mass is 287 g/mol. The van der Waals surface area contributed by atoms with Crippen molar-refractivity contribution in [3.05, 3.63) is 0 Å². The Labute approximate surface area is 117 Å². The molecule has 0 aliphatic carbocycles. The second-order valence-electron chi connectivity index (χ2n) is 6.10. The lowest BCUT2D eigenvalue weighted by Crippen LogP contribution is -2.35. The Morgan fingerprint density at radius 2 is 1.45 bits per heavy atom. The van der Waals surface area contributed by atoms with Crippen molar-refractivity contribution in [2.24, 2.45) is 11.8 Å². The van der Waals surface area contributed by atoms with E-state index in [1.54, 1.807) is 20.8 Å². The van der Waals surface area contributed by atoms with E-state index < -0.39 is 23.6 Å². The summed E-state index contributed by atoms with van der Waals surface area (Å²) in [6.45, 7) is 5.66. The molecule has 0 spiro atoms. The van der Waals surface area contributed by atoms with E-state index in [2.05, 4.69) is 0 Å². The van der Waals surface area contributed by atoms with Crippen LogP contribution >= 0.6 is 0 Å². The number of carbonyl (C=O) groups excluding carboxylic acids is 1. The second-order valence-corrected chi connectivity index (χ2v) is 6.10. The lowest BCUT2D eigenvalue weighted by atomic mass is 9.90. The van der Waals surface area contributed by atoms with E-state index in [0.29, 0.717) is 0 Å². The number of aliphatic carboxylic acids is 2. The van der Waals surface area contributed by atoms with Gasteiger partial charge in [0.2, 0.25) is 0 Å². The lowest BCUT2D eigenvalue weighted by Gasteiger charge is -2.24. The fourth-order valence-electron chi connectivity index (χ4n) is 2.33. The molecule has 1 rings (SSSR count). The van der Waals surface area contributed by atoms with Crippen LogP contribution in [0.2, 0.25) is 0 Å². The van der Waals surface area contributed by atoms with E-state index in [1.165, 1.54) is 4.90 Å². The molecule has 1 saturated heterocycles. The first-order valence-corrected chi connectivity index (χ1v) is 6.50. The Kier molecular flexibility index (Phi) is 4.97. The number of carboxylic acid groups (broad SMARTS) is 2. The first-order valence-electron chi connectivity index (χ1n) is 6.50. The van der Waals surface area contributed by atoms with Gasteiger partial charge in [-0.05, 0) is 32.6 Å². The number of rotatable bonds is 4. The Morgan fingerprint density at radius 1 is 1.05 bits per heavy atom. The van der Waals surface area contributed by atoms with Crippen LogP contribution in [0.1, 0.15) is 33.6 Å². The van der Waals surface area contributed by atoms with Crippen molar-refractivity contribution in [1.82, 2.24) is 4.90 Å². The molecule has 0 bridgehead atoms. The third kappa shape index (κ3) is 5.07. The molecule has 0 radical (unpaired) electrons. The van der Waals surface area contributed by atoms with Crippen LogP contribution in [0.25, 0.3) is 0 Å². The van der Waals surface area contributed by atoms with Crippen molar-refractivity contribution >= 4 is 18.0 Å². The fraction of sp³-hybridized carbons (Fsp3) is 0.769. The molecule has 2 atom stereocenters. The summed E-state index contributed by atoms with van der Waals surface area (Å²) in [5, 5.41) is 17.7. The van der Waals surface area contributed by atoms with Gasteiger partial charge in [-0.1, -0.05) is 0 Å². The maximum Gasteiger partial charge on any atom is 0.410 e. The maximum absolute atomic E-state index is 11.9. The fourth-order valence-corrected chi connectivity index (χ4v) is 2.33. The third-order valence-corrected chi connectivity index (χ3v) is 3.10. The van der Waals surface area contributed by atoms with Crippen molar-refractivity contribution in [1.29, 1.82) is 0 Å². The molecule has 7 nitrogen and oxygen atoms in total. The minimum atomic E-state index is -0.989. The summed E-state index contributed by atoms with van der Waals surface area (Å²) in [5.74, 6) is -2.68. The average molecular weight is 287 g/mol. The van der Waals surface area contributed by atoms with Gasteiger partial charge in [0.15, 0.2) is 0 Å². The van der Waals surface area contributed by atoms with E-state index in [4.69, 9.17) is 14.9 Å². The molecule has 1 aliphatic heterocycles. The largest absolute Gasteiger partial charge is 0.481 e. The van der Waals surface area contributed by atoms with Crippen LogP contribution in [0.3, 0.4) is 0 Å². The van der Waals surface area contributed by atoms with Crippen molar-refractivity contribution in [3.63, 3.8) is 0 Å². The highest BCUT2D eigenvalue weighted by atomic mass is 16.6. The van der Waals surface area contributed by atoms with Crippen LogP contribution in [0.15, 0.2) is 0 Å². The average Bonchev–Trinajstić information content (AvgIpc) is 2.57. The number of likely N-dealkylation sites (tertiary alicyclic amines) is 1. The zero-order valence-electron chi connectivity index (χ0n) is 12.0. The molecule has 20 heavy (non-hydrogen) atoms. The van der Waals surface area contributed by atoms with Gasteiger partial charge in [0.25, 0.3) is 0 Å². The highest BCUT2D eigenvalue weighted by Gasteiger charge is 2.38. The summed E-state index contributed by atoms with van der Waals surface area (Å²) < 4.78 is 5.22. The molecule has 1 unspecified atom stereocenters. The van der Waals surface area contributed by atoms with Crippen LogP contribution in [0.5, 0.6) is 0 Å². The Balaban J connectivity index is 2.70. The number of hydrogen-bond donors (Lipinski definition) is 2. The first kappa shape index (κ1) is 16.3. The number of amides is 1. The Bertz CT molecular complexity index is 376. The summed E-state index contributed by atoms with van der Waals surface area (Å²) in [4.78, 5) is 34.9. The quantitative estimate of drug-likeness (QED) is 0.810. The van der Waals surface area contributed by atoms with Crippen LogP contribution in [0, 0.1) is 11.8 Å². The van der Waals surface area contributed by atoms with Gasteiger partial charge in [0, 0.05) is 13.1 Å². The topological polar surface area (TPSA) is 104 Å². The summed E-state index contributed by atoms with van der Waals surface area (Å²) in [5.41, 5.74) is -0.635. The molecular formula is C13H21NO6. The highest BCUT2D eigenvalue weighted by molar-refractivity contribution is 5.71. The normalized spacial score (nSPS) is 22.6. The van der Waals surface area contributed by atoms with Gasteiger partial charge in [-0.2, -0.15) is 0 Å². The van der Waals surface area contributed by atoms with Crippen LogP contribution < -0.4 is 0 Å². The molecule has 1 amide bonds. The number of carbonyl (C=O) groups is 3. The molecule has 7 heteroatoms. The second kappa shape index (κ2) is 6.11. The van der Waals surface area contributed by atoms with Crippen LogP contribution in [-0.4, -0.2) is 51.8 Å². The predicted molar refractivity (Wildman–Crippen MR) is 69.3 cm³/mol. The van der Waals surface area contributed by atoms with Gasteiger partial charge in [-0.25, -0.2) is 4.79 Å². The molecule has 0 aromatic rings. The number of ether oxygens (including phenoxy) is 1. The molecule has 2 N–H and O–H groups in total. The predicted octanol–water partition coefficient (Wildman–Crippen LogP) is 1.42. The van der Waals surface area contributed by atoms with Crippen molar-refractivity contribution in [2.45, 2.75) is 39.2 Å². The van der Waals surface area contributed by atoms with E-state index >= 15 is 0 Å². The lowest BCUT2D eigenvalue weighted by molar-refractivity contribution is -0.141. The van der Waals surface area contributed by atoms with E-state index in [-0.39, 0.29) is 37.8 Å². The molecular weight excluding hydrogens is 266 g/mol. The van der Waals surface area contributed by atoms with Gasteiger partial charge >= 0.3 is 18.0 Å². The van der Waals surface area contributed by atoms with Crippen molar-refractivity contribution < 1.29 is 29.3 Å². The molecule has 0 aromatic heterocycles. The molecule has 1 heterocycles. The first-order chi connectivity index (χ1) is 9.08. The highest BCUT2D eigenvalue weighted by Crippen LogP contribution is 2.30. The minimum absolute atomic E-state index is 0.142. The van der Waals surface area contributed by atoms with E-state index in [1.807, 2.05) is 0 Å². The minimum Gasteiger partial charge on any atom is -0.481 e. The van der Waals surface area contributed by atoms with Crippen molar-refractivity contribution in [3.8, 4) is 0 Å². The Morgan fingerprint density at radius 3 is 1.75 bits per heavy atom. The standard InChI is InChI=1S/C13H21NO6/c1-13(2,3)20-12(19)14-6-8(4-10(15)16)9(7-14)5-11(17)18/h8-9H,4-7H2,1-3H3,(H,15,16)(H,17,18)/t8-,9?/m1/s1. The maximum atomic E-state index is 11.9. The van der Waals surface area contributed by atoms with Crippen LogP contribution in [0.4, 0.5) is 4.79 Å². The van der Waals surface area contributed by atoms with Gasteiger partial charge in [-0.15, -0.1) is 0 Å². The number of nitrogens with zero attached hydrogens (tertiary/aromatic N) is 1. The summed E-state index contributed by atoms with van der Waals surface area (Å²) in [6, 6.07) is 0. The Hall–Kier alpha value is -1.79. The molecule has 0 saturated carbocycles. The summed E-state index contributed by atoms with van der Waals surface area (Å²) in [7, 11) is 0.